The summed E-state index contributed by atoms with van der Waals surface area (Å²) in [4.78, 5) is 0. The van der Waals surface area contributed by atoms with Crippen molar-refractivity contribution in [3.63, 3.8) is 0 Å². The standard InChI is InChI=1S/C5H9P/c6-5-3-1-2-4-5/h3H,1-2,4,6H2. The molecule has 0 bridgehead atoms. The van der Waals surface area contributed by atoms with E-state index in [1.165, 1.54) is 24.6 Å². The highest BCUT2D eigenvalue weighted by Crippen LogP contribution is 2.22. The van der Waals surface area contributed by atoms with E-state index in [9.17, 15) is 0 Å². The van der Waals surface area contributed by atoms with Crippen molar-refractivity contribution in [3.05, 3.63) is 11.4 Å². The topological polar surface area (TPSA) is 0 Å². The third-order valence-electron chi connectivity index (χ3n) is 1.08. The molecule has 1 atom stereocenters. The predicted molar refractivity (Wildman–Crippen MR) is 31.6 cm³/mol. The van der Waals surface area contributed by atoms with Crippen LogP contribution in [0.3, 0.4) is 0 Å². The summed E-state index contributed by atoms with van der Waals surface area (Å²) in [7, 11) is 2.73. The van der Waals surface area contributed by atoms with Crippen LogP contribution in [0.2, 0.25) is 0 Å². The summed E-state index contributed by atoms with van der Waals surface area (Å²) >= 11 is 0. The molecule has 0 nitrogen and oxygen atoms in total. The molecule has 6 heavy (non-hydrogen) atoms. The molecule has 0 N–H and O–H groups in total. The fraction of sp³-hybridized carbons (Fsp3) is 0.600. The van der Waals surface area contributed by atoms with Gasteiger partial charge in [-0.25, -0.2) is 0 Å². The van der Waals surface area contributed by atoms with E-state index >= 15 is 0 Å². The average molecular weight is 100 g/mol. The molecule has 0 saturated carbocycles. The number of hydrogen-bond donors (Lipinski definition) is 0. The SMILES string of the molecule is PC1=CCCC1. The van der Waals surface area contributed by atoms with E-state index in [-0.39, 0.29) is 0 Å². The average Bonchev–Trinajstić information content (AvgIpc) is 1.86. The van der Waals surface area contributed by atoms with Crippen molar-refractivity contribution in [2.75, 3.05) is 0 Å². The maximum Gasteiger partial charge on any atom is -0.0280 e. The first-order chi connectivity index (χ1) is 2.89. The highest BCUT2D eigenvalue weighted by atomic mass is 31.0. The lowest BCUT2D eigenvalue weighted by Crippen LogP contribution is -1.54. The first kappa shape index (κ1) is 4.33. The van der Waals surface area contributed by atoms with E-state index in [1.807, 2.05) is 0 Å². The van der Waals surface area contributed by atoms with Crippen LogP contribution in [-0.4, -0.2) is 0 Å². The second-order valence-electron chi connectivity index (χ2n) is 1.67. The van der Waals surface area contributed by atoms with Crippen LogP contribution in [0.15, 0.2) is 11.4 Å². The zero-order valence-corrected chi connectivity index (χ0v) is 4.93. The molecule has 1 rings (SSSR count). The van der Waals surface area contributed by atoms with E-state index in [0.717, 1.165) is 0 Å². The Morgan fingerprint density at radius 3 is 2.67 bits per heavy atom. The molecule has 1 heteroatoms. The van der Waals surface area contributed by atoms with E-state index in [1.54, 1.807) is 0 Å². The predicted octanol–water partition coefficient (Wildman–Crippen LogP) is 1.93. The van der Waals surface area contributed by atoms with E-state index in [2.05, 4.69) is 15.3 Å². The monoisotopic (exact) mass is 100 g/mol. The van der Waals surface area contributed by atoms with Gasteiger partial charge in [0.2, 0.25) is 0 Å². The van der Waals surface area contributed by atoms with Gasteiger partial charge in [-0.1, -0.05) is 11.4 Å². The first-order valence-corrected chi connectivity index (χ1v) is 2.92. The summed E-state index contributed by atoms with van der Waals surface area (Å²) < 4.78 is 0. The molecular formula is C5H9P. The Hall–Kier alpha value is 0.170. The maximum absolute atomic E-state index is 2.73. The Labute approximate surface area is 40.8 Å². The van der Waals surface area contributed by atoms with Gasteiger partial charge >= 0.3 is 0 Å². The van der Waals surface area contributed by atoms with Crippen molar-refractivity contribution in [2.24, 2.45) is 0 Å². The molecule has 0 amide bonds. The smallest absolute Gasteiger partial charge is 0.0280 e. The molecule has 1 unspecified atom stereocenters. The van der Waals surface area contributed by atoms with Crippen LogP contribution in [0, 0.1) is 0 Å². The van der Waals surface area contributed by atoms with Gasteiger partial charge in [-0.3, -0.25) is 0 Å². The number of hydrogen-bond acceptors (Lipinski definition) is 0. The van der Waals surface area contributed by atoms with Crippen molar-refractivity contribution in [1.82, 2.24) is 0 Å². The molecular weight excluding hydrogens is 91.0 g/mol. The molecule has 0 aromatic heterocycles. The minimum atomic E-state index is 1.30. The van der Waals surface area contributed by atoms with Crippen molar-refractivity contribution in [2.45, 2.75) is 19.3 Å². The lowest BCUT2D eigenvalue weighted by atomic mass is 10.4. The van der Waals surface area contributed by atoms with Gasteiger partial charge in [0, 0.05) is 0 Å². The fourth-order valence-electron chi connectivity index (χ4n) is 0.696. The Kier molecular flexibility index (Phi) is 1.26. The van der Waals surface area contributed by atoms with Crippen molar-refractivity contribution >= 4 is 9.24 Å². The highest BCUT2D eigenvalue weighted by Gasteiger charge is 1.95. The molecule has 0 saturated heterocycles. The molecule has 0 spiro atoms. The Morgan fingerprint density at radius 1 is 1.67 bits per heavy atom. The fourth-order valence-corrected chi connectivity index (χ4v) is 1.07. The molecule has 0 heterocycles. The Morgan fingerprint density at radius 2 is 2.50 bits per heavy atom. The maximum atomic E-state index is 2.73. The van der Waals surface area contributed by atoms with E-state index in [4.69, 9.17) is 0 Å². The van der Waals surface area contributed by atoms with Gasteiger partial charge in [0.25, 0.3) is 0 Å². The molecule has 0 fully saturated rings. The Balaban J connectivity index is 2.45. The van der Waals surface area contributed by atoms with E-state index in [0.29, 0.717) is 0 Å². The van der Waals surface area contributed by atoms with Gasteiger partial charge < -0.3 is 0 Å². The van der Waals surface area contributed by atoms with Crippen molar-refractivity contribution in [1.29, 1.82) is 0 Å². The summed E-state index contributed by atoms with van der Waals surface area (Å²) in [5, 5.41) is 1.50. The molecule has 1 aliphatic rings. The van der Waals surface area contributed by atoms with Crippen LogP contribution < -0.4 is 0 Å². The molecule has 34 valence electrons. The third kappa shape index (κ3) is 0.815. The van der Waals surface area contributed by atoms with Crippen molar-refractivity contribution in [3.8, 4) is 0 Å². The number of rotatable bonds is 0. The normalized spacial score (nSPS) is 21.2. The quantitative estimate of drug-likeness (QED) is 0.408. The zero-order chi connectivity index (χ0) is 4.41. The molecule has 0 radical (unpaired) electrons. The molecule has 1 aliphatic carbocycles. The lowest BCUT2D eigenvalue weighted by molar-refractivity contribution is 0.925. The minimum Gasteiger partial charge on any atom is -0.110 e. The van der Waals surface area contributed by atoms with Gasteiger partial charge in [-0.2, -0.15) is 0 Å². The minimum absolute atomic E-state index is 1.30. The number of allylic oxidation sites excluding steroid dienone is 2. The molecule has 0 aliphatic heterocycles. The summed E-state index contributed by atoms with van der Waals surface area (Å²) in [6.07, 6.45) is 6.27. The van der Waals surface area contributed by atoms with Crippen LogP contribution in [0.25, 0.3) is 0 Å². The van der Waals surface area contributed by atoms with Gasteiger partial charge in [0.1, 0.15) is 0 Å². The van der Waals surface area contributed by atoms with Gasteiger partial charge in [-0.05, 0) is 19.3 Å². The summed E-state index contributed by atoms with van der Waals surface area (Å²) in [5.41, 5.74) is 0. The highest BCUT2D eigenvalue weighted by molar-refractivity contribution is 7.22. The van der Waals surface area contributed by atoms with Crippen LogP contribution >= 0.6 is 9.24 Å². The summed E-state index contributed by atoms with van der Waals surface area (Å²) in [5.74, 6) is 0. The zero-order valence-electron chi connectivity index (χ0n) is 3.78. The molecule has 0 aromatic carbocycles. The van der Waals surface area contributed by atoms with Gasteiger partial charge in [0.15, 0.2) is 0 Å². The third-order valence-corrected chi connectivity index (χ3v) is 1.60. The van der Waals surface area contributed by atoms with Crippen LogP contribution in [0.1, 0.15) is 19.3 Å². The van der Waals surface area contributed by atoms with Crippen molar-refractivity contribution < 1.29 is 0 Å². The largest absolute Gasteiger partial charge is 0.110 e. The van der Waals surface area contributed by atoms with E-state index < -0.39 is 0 Å². The molecule has 0 aromatic rings. The summed E-state index contributed by atoms with van der Waals surface area (Å²) in [6, 6.07) is 0. The second kappa shape index (κ2) is 1.75. The van der Waals surface area contributed by atoms with Gasteiger partial charge in [0.05, 0.1) is 0 Å². The van der Waals surface area contributed by atoms with Crippen LogP contribution in [0.5, 0.6) is 0 Å². The summed E-state index contributed by atoms with van der Waals surface area (Å²) in [6.45, 7) is 0. The van der Waals surface area contributed by atoms with Crippen LogP contribution in [0.4, 0.5) is 0 Å². The lowest BCUT2D eigenvalue weighted by Gasteiger charge is -1.79. The second-order valence-corrected chi connectivity index (χ2v) is 2.41. The first-order valence-electron chi connectivity index (χ1n) is 2.34. The van der Waals surface area contributed by atoms with Crippen LogP contribution in [-0.2, 0) is 0 Å². The van der Waals surface area contributed by atoms with Gasteiger partial charge in [-0.15, -0.1) is 9.24 Å². The Bertz CT molecular complexity index is 74.0.